The van der Waals surface area contributed by atoms with Crippen molar-refractivity contribution in [1.29, 1.82) is 0 Å². The van der Waals surface area contributed by atoms with E-state index in [0.29, 0.717) is 25.0 Å². The van der Waals surface area contributed by atoms with Gasteiger partial charge in [-0.3, -0.25) is 0 Å². The summed E-state index contributed by atoms with van der Waals surface area (Å²) in [6, 6.07) is 6.25. The number of pyridine rings is 2. The molecule has 142 valence electrons. The van der Waals surface area contributed by atoms with Crippen LogP contribution >= 0.6 is 0 Å². The van der Waals surface area contributed by atoms with Crippen LogP contribution < -0.4 is 9.47 Å². The Balaban J connectivity index is 2.01. The maximum atomic E-state index is 5.94. The van der Waals surface area contributed by atoms with Gasteiger partial charge >= 0.3 is 0 Å². The van der Waals surface area contributed by atoms with Gasteiger partial charge in [0.05, 0.1) is 13.2 Å². The Morgan fingerprint density at radius 3 is 2.31 bits per heavy atom. The number of hydrogen-bond donors (Lipinski definition) is 0. The van der Waals surface area contributed by atoms with Crippen LogP contribution in [-0.2, 0) is 10.8 Å². The van der Waals surface area contributed by atoms with E-state index in [9.17, 15) is 0 Å². The fourth-order valence-corrected chi connectivity index (χ4v) is 2.73. The van der Waals surface area contributed by atoms with Crippen molar-refractivity contribution in [2.24, 2.45) is 0 Å². The molecule has 4 heteroatoms. The average Bonchev–Trinajstić information content (AvgIpc) is 2.56. The molecule has 0 amide bonds. The molecule has 2 aromatic heterocycles. The second-order valence-corrected chi connectivity index (χ2v) is 8.39. The molecule has 0 aliphatic heterocycles. The Bertz CT molecular complexity index is 733. The van der Waals surface area contributed by atoms with Gasteiger partial charge in [-0.05, 0) is 54.4 Å². The molecule has 0 bridgehead atoms. The zero-order valence-electron chi connectivity index (χ0n) is 17.2. The molecular formula is C22H32N2O2. The Hall–Kier alpha value is -2.10. The van der Waals surface area contributed by atoms with Crippen LogP contribution in [0.5, 0.6) is 11.8 Å². The predicted octanol–water partition coefficient (Wildman–Crippen LogP) is 5.23. The highest BCUT2D eigenvalue weighted by atomic mass is 16.5. The zero-order chi connectivity index (χ0) is 19.4. The van der Waals surface area contributed by atoms with Crippen molar-refractivity contribution in [2.75, 3.05) is 13.2 Å². The molecule has 0 spiro atoms. The third-order valence-corrected chi connectivity index (χ3v) is 4.67. The van der Waals surface area contributed by atoms with E-state index in [4.69, 9.17) is 9.47 Å². The fourth-order valence-electron chi connectivity index (χ4n) is 2.73. The van der Waals surface area contributed by atoms with Gasteiger partial charge in [0.1, 0.15) is 0 Å². The molecule has 0 radical (unpaired) electrons. The van der Waals surface area contributed by atoms with E-state index in [2.05, 4.69) is 50.7 Å². The summed E-state index contributed by atoms with van der Waals surface area (Å²) in [7, 11) is 0. The van der Waals surface area contributed by atoms with Crippen LogP contribution in [0, 0.1) is 6.92 Å². The van der Waals surface area contributed by atoms with Crippen LogP contribution in [0.15, 0.2) is 30.6 Å². The van der Waals surface area contributed by atoms with E-state index in [1.807, 2.05) is 38.4 Å². The standard InChI is InChI=1S/C22H32N2O2/c1-8-25-20-16(2)13-18(15-24-20)22(6,7)10-12-26-19-14-17(9-11-23-19)21(3,4)5/h9,11,13-15H,8,10,12H2,1-7H3. The Morgan fingerprint density at radius 1 is 0.962 bits per heavy atom. The van der Waals surface area contributed by atoms with Gasteiger partial charge < -0.3 is 9.47 Å². The van der Waals surface area contributed by atoms with Crippen LogP contribution in [0.1, 0.15) is 64.7 Å². The first-order valence-electron chi connectivity index (χ1n) is 9.33. The minimum absolute atomic E-state index is 0.0376. The second kappa shape index (κ2) is 8.07. The van der Waals surface area contributed by atoms with Crippen LogP contribution in [0.4, 0.5) is 0 Å². The summed E-state index contributed by atoms with van der Waals surface area (Å²) >= 11 is 0. The maximum Gasteiger partial charge on any atom is 0.216 e. The van der Waals surface area contributed by atoms with Crippen LogP contribution in [-0.4, -0.2) is 23.2 Å². The minimum atomic E-state index is -0.0376. The third-order valence-electron chi connectivity index (χ3n) is 4.67. The number of hydrogen-bond acceptors (Lipinski definition) is 4. The smallest absolute Gasteiger partial charge is 0.216 e. The van der Waals surface area contributed by atoms with Gasteiger partial charge in [-0.2, -0.15) is 0 Å². The summed E-state index contributed by atoms with van der Waals surface area (Å²) in [5.74, 6) is 1.40. The zero-order valence-corrected chi connectivity index (χ0v) is 17.2. The van der Waals surface area contributed by atoms with Gasteiger partial charge in [0.25, 0.3) is 0 Å². The van der Waals surface area contributed by atoms with Crippen molar-refractivity contribution in [3.63, 3.8) is 0 Å². The summed E-state index contributed by atoms with van der Waals surface area (Å²) in [6.45, 7) is 16.3. The largest absolute Gasteiger partial charge is 0.478 e. The molecule has 0 atom stereocenters. The summed E-state index contributed by atoms with van der Waals surface area (Å²) in [5.41, 5.74) is 3.54. The first-order chi connectivity index (χ1) is 12.1. The highest BCUT2D eigenvalue weighted by Gasteiger charge is 2.22. The molecular weight excluding hydrogens is 324 g/mol. The molecule has 26 heavy (non-hydrogen) atoms. The van der Waals surface area contributed by atoms with Gasteiger partial charge in [-0.25, -0.2) is 9.97 Å². The van der Waals surface area contributed by atoms with Gasteiger partial charge in [0.2, 0.25) is 11.8 Å². The van der Waals surface area contributed by atoms with Gasteiger partial charge in [0.15, 0.2) is 0 Å². The SMILES string of the molecule is CCOc1ncc(C(C)(C)CCOc2cc(C(C)(C)C)ccn2)cc1C. The molecule has 2 rings (SSSR count). The summed E-state index contributed by atoms with van der Waals surface area (Å²) in [5, 5.41) is 0. The van der Waals surface area contributed by atoms with E-state index in [1.54, 1.807) is 0 Å². The van der Waals surface area contributed by atoms with Crippen molar-refractivity contribution < 1.29 is 9.47 Å². The van der Waals surface area contributed by atoms with E-state index < -0.39 is 0 Å². The lowest BCUT2D eigenvalue weighted by Crippen LogP contribution is -2.21. The van der Waals surface area contributed by atoms with E-state index in [0.717, 1.165) is 12.0 Å². The average molecular weight is 357 g/mol. The van der Waals surface area contributed by atoms with Crippen LogP contribution in [0.2, 0.25) is 0 Å². The molecule has 0 N–H and O–H groups in total. The second-order valence-electron chi connectivity index (χ2n) is 8.39. The highest BCUT2D eigenvalue weighted by molar-refractivity contribution is 5.32. The lowest BCUT2D eigenvalue weighted by atomic mass is 9.82. The number of aromatic nitrogens is 2. The summed E-state index contributed by atoms with van der Waals surface area (Å²) < 4.78 is 11.5. The number of ether oxygens (including phenoxy) is 2. The molecule has 0 saturated carbocycles. The Labute approximate surface area is 158 Å². The molecule has 2 aromatic rings. The maximum absolute atomic E-state index is 5.94. The predicted molar refractivity (Wildman–Crippen MR) is 106 cm³/mol. The van der Waals surface area contributed by atoms with Crippen molar-refractivity contribution >= 4 is 0 Å². The molecule has 0 aliphatic carbocycles. The lowest BCUT2D eigenvalue weighted by molar-refractivity contribution is 0.262. The first kappa shape index (κ1) is 20.2. The van der Waals surface area contributed by atoms with E-state index in [1.165, 1.54) is 11.1 Å². The van der Waals surface area contributed by atoms with Gasteiger partial charge in [-0.1, -0.05) is 34.6 Å². The molecule has 0 aliphatic rings. The van der Waals surface area contributed by atoms with Crippen LogP contribution in [0.3, 0.4) is 0 Å². The van der Waals surface area contributed by atoms with Crippen molar-refractivity contribution in [1.82, 2.24) is 9.97 Å². The molecule has 0 aromatic carbocycles. The monoisotopic (exact) mass is 356 g/mol. The Morgan fingerprint density at radius 2 is 1.69 bits per heavy atom. The van der Waals surface area contributed by atoms with Crippen molar-refractivity contribution in [3.05, 3.63) is 47.3 Å². The summed E-state index contributed by atoms with van der Waals surface area (Å²) in [6.07, 6.45) is 4.61. The van der Waals surface area contributed by atoms with E-state index in [-0.39, 0.29) is 10.8 Å². The molecule has 4 nitrogen and oxygen atoms in total. The van der Waals surface area contributed by atoms with Crippen molar-refractivity contribution in [2.45, 2.75) is 65.7 Å². The lowest BCUT2D eigenvalue weighted by Gasteiger charge is -2.26. The minimum Gasteiger partial charge on any atom is -0.478 e. The molecule has 0 unspecified atom stereocenters. The number of aryl methyl sites for hydroxylation is 1. The molecule has 0 saturated heterocycles. The quantitative estimate of drug-likeness (QED) is 0.681. The van der Waals surface area contributed by atoms with E-state index >= 15 is 0 Å². The summed E-state index contributed by atoms with van der Waals surface area (Å²) in [4.78, 5) is 8.80. The highest BCUT2D eigenvalue weighted by Crippen LogP contribution is 2.30. The van der Waals surface area contributed by atoms with Gasteiger partial charge in [0, 0.05) is 24.0 Å². The Kier molecular flexibility index (Phi) is 6.27. The molecule has 2 heterocycles. The fraction of sp³-hybridized carbons (Fsp3) is 0.545. The number of nitrogens with zero attached hydrogens (tertiary/aromatic N) is 2. The molecule has 0 fully saturated rings. The first-order valence-corrected chi connectivity index (χ1v) is 9.33. The van der Waals surface area contributed by atoms with Crippen molar-refractivity contribution in [3.8, 4) is 11.8 Å². The normalized spacial score (nSPS) is 12.1. The van der Waals surface area contributed by atoms with Gasteiger partial charge in [-0.15, -0.1) is 0 Å². The van der Waals surface area contributed by atoms with Crippen LogP contribution in [0.25, 0.3) is 0 Å². The third kappa shape index (κ3) is 5.20. The topological polar surface area (TPSA) is 44.2 Å². The number of rotatable bonds is 7.